The lowest BCUT2D eigenvalue weighted by Gasteiger charge is -2.40. The number of methoxy groups -OCH3 is 1. The summed E-state index contributed by atoms with van der Waals surface area (Å²) in [5.41, 5.74) is 2.61. The summed E-state index contributed by atoms with van der Waals surface area (Å²) in [5.74, 6) is 2.79. The van der Waals surface area contributed by atoms with Crippen molar-refractivity contribution in [3.63, 3.8) is 0 Å². The molecule has 1 atom stereocenters. The number of aliphatic imine (C=N–C) groups is 1. The van der Waals surface area contributed by atoms with Gasteiger partial charge in [-0.25, -0.2) is 13.4 Å². The van der Waals surface area contributed by atoms with Crippen LogP contribution in [0.3, 0.4) is 0 Å². The Hall–Kier alpha value is -3.07. The number of sulfonamides is 1. The van der Waals surface area contributed by atoms with Crippen LogP contribution in [0.25, 0.3) is 0 Å². The Morgan fingerprint density at radius 3 is 2.51 bits per heavy atom. The summed E-state index contributed by atoms with van der Waals surface area (Å²) in [7, 11) is -2.03. The van der Waals surface area contributed by atoms with E-state index in [1.54, 1.807) is 35.7 Å². The maximum Gasteiger partial charge on any atom is 0.243 e. The van der Waals surface area contributed by atoms with Gasteiger partial charge in [0.05, 0.1) is 17.6 Å². The lowest BCUT2D eigenvalue weighted by Crippen LogP contribution is -2.55. The lowest BCUT2D eigenvalue weighted by atomic mass is 10.1. The molecule has 2 heterocycles. The molecular weight excluding hydrogens is 486 g/mol. The molecule has 0 spiro atoms. The summed E-state index contributed by atoms with van der Waals surface area (Å²) in [6.45, 7) is 5.21. The van der Waals surface area contributed by atoms with E-state index >= 15 is 0 Å². The Labute approximate surface area is 210 Å². The average molecular weight is 512 g/mol. The van der Waals surface area contributed by atoms with Crippen LogP contribution >= 0.6 is 11.6 Å². The predicted octanol–water partition coefficient (Wildman–Crippen LogP) is 5.24. The third-order valence-corrected chi connectivity index (χ3v) is 8.56. The summed E-state index contributed by atoms with van der Waals surface area (Å²) in [4.78, 5) is 7.35. The largest absolute Gasteiger partial charge is 0.497 e. The van der Waals surface area contributed by atoms with Gasteiger partial charge in [0.25, 0.3) is 0 Å². The SMILES string of the molecule is COc1ccc2c(c1)C(N1CCN(S(=O)(=O)c3ccc(Cl)cc3)[C@H](C)C1)=Nc1ccc(C)cc1O2. The molecule has 9 heteroatoms. The second kappa shape index (κ2) is 9.18. The van der Waals surface area contributed by atoms with Gasteiger partial charge in [0.15, 0.2) is 5.75 Å². The van der Waals surface area contributed by atoms with Crippen molar-refractivity contribution in [2.24, 2.45) is 4.99 Å². The Balaban J connectivity index is 1.50. The van der Waals surface area contributed by atoms with Crippen LogP contribution < -0.4 is 9.47 Å². The number of aryl methyl sites for hydroxylation is 1. The van der Waals surface area contributed by atoms with Gasteiger partial charge in [-0.05, 0) is 74.0 Å². The number of ether oxygens (including phenoxy) is 2. The molecule has 7 nitrogen and oxygen atoms in total. The van der Waals surface area contributed by atoms with Crippen LogP contribution in [0.2, 0.25) is 5.02 Å². The van der Waals surface area contributed by atoms with Crippen LogP contribution in [0.5, 0.6) is 17.2 Å². The maximum absolute atomic E-state index is 13.3. The number of nitrogens with zero attached hydrogens (tertiary/aromatic N) is 3. The first-order chi connectivity index (χ1) is 16.8. The fraction of sp³-hybridized carbons (Fsp3) is 0.269. The van der Waals surface area contributed by atoms with Gasteiger partial charge >= 0.3 is 0 Å². The van der Waals surface area contributed by atoms with Gasteiger partial charge in [0.2, 0.25) is 10.0 Å². The minimum atomic E-state index is -3.65. The first-order valence-corrected chi connectivity index (χ1v) is 13.2. The smallest absolute Gasteiger partial charge is 0.243 e. The first-order valence-electron chi connectivity index (χ1n) is 11.3. The Morgan fingerprint density at radius 1 is 1.03 bits per heavy atom. The lowest BCUT2D eigenvalue weighted by molar-refractivity contribution is 0.205. The summed E-state index contributed by atoms with van der Waals surface area (Å²) in [6.07, 6.45) is 0. The molecule has 0 N–H and O–H groups in total. The quantitative estimate of drug-likeness (QED) is 0.481. The van der Waals surface area contributed by atoms with E-state index in [4.69, 9.17) is 26.1 Å². The highest BCUT2D eigenvalue weighted by molar-refractivity contribution is 7.89. The number of halogens is 1. The minimum Gasteiger partial charge on any atom is -0.497 e. The number of rotatable bonds is 3. The van der Waals surface area contributed by atoms with E-state index in [0.29, 0.717) is 41.9 Å². The molecule has 35 heavy (non-hydrogen) atoms. The van der Waals surface area contributed by atoms with E-state index < -0.39 is 10.0 Å². The van der Waals surface area contributed by atoms with E-state index in [-0.39, 0.29) is 10.9 Å². The van der Waals surface area contributed by atoms with Crippen LogP contribution in [0.15, 0.2) is 70.6 Å². The van der Waals surface area contributed by atoms with Gasteiger partial charge in [-0.2, -0.15) is 4.31 Å². The van der Waals surface area contributed by atoms with Crippen LogP contribution in [-0.2, 0) is 10.0 Å². The maximum atomic E-state index is 13.3. The fourth-order valence-electron chi connectivity index (χ4n) is 4.46. The molecule has 182 valence electrons. The molecule has 0 bridgehead atoms. The third-order valence-electron chi connectivity index (χ3n) is 6.28. The highest BCUT2D eigenvalue weighted by Gasteiger charge is 2.36. The van der Waals surface area contributed by atoms with Gasteiger partial charge in [0, 0.05) is 30.7 Å². The molecular formula is C26H26ClN3O4S. The molecule has 0 saturated carbocycles. The molecule has 2 aliphatic heterocycles. The van der Waals surface area contributed by atoms with Crippen LogP contribution in [-0.4, -0.2) is 56.2 Å². The van der Waals surface area contributed by atoms with E-state index in [1.165, 1.54) is 0 Å². The fourth-order valence-corrected chi connectivity index (χ4v) is 6.20. The zero-order valence-electron chi connectivity index (χ0n) is 19.7. The molecule has 1 fully saturated rings. The molecule has 0 aliphatic carbocycles. The number of piperazine rings is 1. The molecule has 3 aromatic carbocycles. The predicted molar refractivity (Wildman–Crippen MR) is 137 cm³/mol. The highest BCUT2D eigenvalue weighted by Crippen LogP contribution is 2.40. The zero-order valence-corrected chi connectivity index (χ0v) is 21.3. The number of hydrogen-bond donors (Lipinski definition) is 0. The summed E-state index contributed by atoms with van der Waals surface area (Å²) < 4.78 is 39.9. The van der Waals surface area contributed by atoms with Gasteiger partial charge in [-0.15, -0.1) is 0 Å². The van der Waals surface area contributed by atoms with Gasteiger partial charge < -0.3 is 14.4 Å². The van der Waals surface area contributed by atoms with Crippen LogP contribution in [0.1, 0.15) is 18.1 Å². The summed E-state index contributed by atoms with van der Waals surface area (Å²) >= 11 is 5.95. The number of amidine groups is 1. The average Bonchev–Trinajstić information content (AvgIpc) is 2.99. The summed E-state index contributed by atoms with van der Waals surface area (Å²) in [6, 6.07) is 17.6. The van der Waals surface area contributed by atoms with Crippen molar-refractivity contribution in [2.75, 3.05) is 26.7 Å². The van der Waals surface area contributed by atoms with Crippen molar-refractivity contribution >= 4 is 33.1 Å². The first kappa shape index (κ1) is 23.7. The molecule has 0 radical (unpaired) electrons. The highest BCUT2D eigenvalue weighted by atomic mass is 35.5. The van der Waals surface area contributed by atoms with Crippen LogP contribution in [0.4, 0.5) is 5.69 Å². The topological polar surface area (TPSA) is 71.4 Å². The molecule has 3 aromatic rings. The van der Waals surface area contributed by atoms with E-state index in [9.17, 15) is 8.42 Å². The number of hydrogen-bond acceptors (Lipinski definition) is 6. The summed E-state index contributed by atoms with van der Waals surface area (Å²) in [5, 5.41) is 0.500. The standard InChI is InChI=1S/C26H26ClN3O4S/c1-17-4-10-23-25(14-17)34-24-11-7-20(33-3)15-22(24)26(28-23)29-12-13-30(18(2)16-29)35(31,32)21-8-5-19(27)6-9-21/h4-11,14-15,18H,12-13,16H2,1-3H3/t18-/m1/s1. The monoisotopic (exact) mass is 511 g/mol. The molecule has 0 unspecified atom stereocenters. The molecule has 0 amide bonds. The van der Waals surface area contributed by atoms with Crippen molar-refractivity contribution in [1.82, 2.24) is 9.21 Å². The Bertz CT molecular complexity index is 1410. The van der Waals surface area contributed by atoms with Crippen molar-refractivity contribution < 1.29 is 17.9 Å². The van der Waals surface area contributed by atoms with Crippen molar-refractivity contribution in [1.29, 1.82) is 0 Å². The molecule has 2 aliphatic rings. The number of benzene rings is 3. The van der Waals surface area contributed by atoms with Crippen molar-refractivity contribution in [3.05, 3.63) is 76.8 Å². The van der Waals surface area contributed by atoms with Crippen molar-refractivity contribution in [2.45, 2.75) is 24.8 Å². The van der Waals surface area contributed by atoms with E-state index in [0.717, 1.165) is 22.6 Å². The zero-order chi connectivity index (χ0) is 24.7. The Kier molecular flexibility index (Phi) is 6.21. The van der Waals surface area contributed by atoms with Gasteiger partial charge in [-0.3, -0.25) is 0 Å². The van der Waals surface area contributed by atoms with E-state index in [2.05, 4.69) is 4.90 Å². The Morgan fingerprint density at radius 2 is 1.80 bits per heavy atom. The molecule has 1 saturated heterocycles. The van der Waals surface area contributed by atoms with E-state index in [1.807, 2.05) is 50.2 Å². The second-order valence-corrected chi connectivity index (χ2v) is 11.1. The molecule has 0 aromatic heterocycles. The third kappa shape index (κ3) is 4.49. The minimum absolute atomic E-state index is 0.238. The van der Waals surface area contributed by atoms with Gasteiger partial charge in [0.1, 0.15) is 23.0 Å². The number of fused-ring (bicyclic) bond motifs is 2. The molecule has 5 rings (SSSR count). The van der Waals surface area contributed by atoms with Crippen LogP contribution in [0, 0.1) is 6.92 Å². The normalized spacial score (nSPS) is 18.1. The van der Waals surface area contributed by atoms with Crippen molar-refractivity contribution in [3.8, 4) is 17.2 Å². The van der Waals surface area contributed by atoms with Gasteiger partial charge in [-0.1, -0.05) is 17.7 Å². The second-order valence-electron chi connectivity index (χ2n) is 8.74.